The largest absolute Gasteiger partial charge is 0.449 e. The van der Waals surface area contributed by atoms with Crippen molar-refractivity contribution in [3.8, 4) is 0 Å². The third-order valence-electron chi connectivity index (χ3n) is 4.73. The molecule has 1 aromatic carbocycles. The topological polar surface area (TPSA) is 93.5 Å². The van der Waals surface area contributed by atoms with Crippen LogP contribution in [0.4, 0.5) is 13.2 Å². The summed E-state index contributed by atoms with van der Waals surface area (Å²) in [6.45, 7) is 4.40. The SMILES string of the molecule is CCN(CC)S(=O)(=O)c1ccc2c(c1)nc(C(F)(F)F)n2CCC(=O)NCCCOC. The molecule has 0 atom stereocenters. The summed E-state index contributed by atoms with van der Waals surface area (Å²) in [6.07, 6.45) is -4.35. The minimum atomic E-state index is -4.76. The molecule has 2 rings (SSSR count). The molecule has 0 fully saturated rings. The lowest BCUT2D eigenvalue weighted by Gasteiger charge is -2.18. The van der Waals surface area contributed by atoms with Gasteiger partial charge in [-0.2, -0.15) is 17.5 Å². The first-order chi connectivity index (χ1) is 14.6. The summed E-state index contributed by atoms with van der Waals surface area (Å²) < 4.78 is 73.0. The van der Waals surface area contributed by atoms with E-state index in [0.717, 1.165) is 10.6 Å². The highest BCUT2D eigenvalue weighted by Crippen LogP contribution is 2.32. The fourth-order valence-electron chi connectivity index (χ4n) is 3.17. The van der Waals surface area contributed by atoms with Crippen molar-refractivity contribution < 1.29 is 31.1 Å². The maximum Gasteiger partial charge on any atom is 0.449 e. The van der Waals surface area contributed by atoms with Gasteiger partial charge in [0.05, 0.1) is 15.9 Å². The number of halogens is 3. The smallest absolute Gasteiger partial charge is 0.385 e. The lowest BCUT2D eigenvalue weighted by atomic mass is 10.3. The lowest BCUT2D eigenvalue weighted by molar-refractivity contribution is -0.147. The van der Waals surface area contributed by atoms with Crippen molar-refractivity contribution in [3.63, 3.8) is 0 Å². The maximum atomic E-state index is 13.5. The normalized spacial score (nSPS) is 12.6. The number of carbonyl (C=O) groups is 1. The van der Waals surface area contributed by atoms with E-state index in [1.807, 2.05) is 0 Å². The van der Waals surface area contributed by atoms with Crippen molar-refractivity contribution in [1.82, 2.24) is 19.2 Å². The number of imidazole rings is 1. The van der Waals surface area contributed by atoms with Crippen LogP contribution >= 0.6 is 0 Å². The van der Waals surface area contributed by atoms with Crippen LogP contribution in [0.3, 0.4) is 0 Å². The molecule has 0 saturated carbocycles. The van der Waals surface area contributed by atoms with Gasteiger partial charge in [-0.3, -0.25) is 4.79 Å². The number of nitrogens with zero attached hydrogens (tertiary/aromatic N) is 3. The molecule has 2 aromatic rings. The Morgan fingerprint density at radius 1 is 1.26 bits per heavy atom. The number of nitrogens with one attached hydrogen (secondary N) is 1. The molecule has 1 heterocycles. The molecule has 1 amide bonds. The molecule has 31 heavy (non-hydrogen) atoms. The molecular weight excluding hydrogens is 437 g/mol. The van der Waals surface area contributed by atoms with Crippen LogP contribution in [0.25, 0.3) is 11.0 Å². The highest BCUT2D eigenvalue weighted by atomic mass is 32.2. The van der Waals surface area contributed by atoms with Gasteiger partial charge < -0.3 is 14.6 Å². The maximum absolute atomic E-state index is 13.5. The zero-order valence-corrected chi connectivity index (χ0v) is 18.5. The third-order valence-corrected chi connectivity index (χ3v) is 6.77. The zero-order chi connectivity index (χ0) is 23.2. The number of aromatic nitrogens is 2. The Labute approximate surface area is 179 Å². The Morgan fingerprint density at radius 2 is 1.94 bits per heavy atom. The van der Waals surface area contributed by atoms with E-state index in [9.17, 15) is 26.4 Å². The Bertz CT molecular complexity index is 1000. The number of fused-ring (bicyclic) bond motifs is 1. The first kappa shape index (κ1) is 25.1. The van der Waals surface area contributed by atoms with E-state index < -0.39 is 27.9 Å². The molecule has 0 bridgehead atoms. The minimum Gasteiger partial charge on any atom is -0.385 e. The summed E-state index contributed by atoms with van der Waals surface area (Å²) in [4.78, 5) is 15.5. The lowest BCUT2D eigenvalue weighted by Crippen LogP contribution is -2.30. The summed E-state index contributed by atoms with van der Waals surface area (Å²) >= 11 is 0. The van der Waals surface area contributed by atoms with Gasteiger partial charge in [0.1, 0.15) is 0 Å². The predicted octanol–water partition coefficient (Wildman–Crippen LogP) is 2.63. The summed E-state index contributed by atoms with van der Waals surface area (Å²) in [6, 6.07) is 3.70. The molecule has 8 nitrogen and oxygen atoms in total. The second-order valence-electron chi connectivity index (χ2n) is 6.77. The second-order valence-corrected chi connectivity index (χ2v) is 8.71. The number of carbonyl (C=O) groups excluding carboxylic acids is 1. The van der Waals surface area contributed by atoms with Crippen molar-refractivity contribution in [1.29, 1.82) is 0 Å². The van der Waals surface area contributed by atoms with Gasteiger partial charge in [-0.15, -0.1) is 0 Å². The van der Waals surface area contributed by atoms with Gasteiger partial charge in [-0.1, -0.05) is 13.8 Å². The van der Waals surface area contributed by atoms with Crippen molar-refractivity contribution >= 4 is 27.0 Å². The van der Waals surface area contributed by atoms with Gasteiger partial charge in [-0.25, -0.2) is 13.4 Å². The third kappa shape index (κ3) is 5.95. The predicted molar refractivity (Wildman–Crippen MR) is 109 cm³/mol. The van der Waals surface area contributed by atoms with Crippen molar-refractivity contribution in [2.24, 2.45) is 0 Å². The van der Waals surface area contributed by atoms with Crippen LogP contribution in [0.15, 0.2) is 23.1 Å². The molecular formula is C19H27F3N4O4S. The molecule has 0 aliphatic rings. The quantitative estimate of drug-likeness (QED) is 0.516. The molecule has 0 aliphatic heterocycles. The molecule has 174 valence electrons. The summed E-state index contributed by atoms with van der Waals surface area (Å²) in [7, 11) is -2.31. The summed E-state index contributed by atoms with van der Waals surface area (Å²) in [5.41, 5.74) is 0.0130. The van der Waals surface area contributed by atoms with Gasteiger partial charge in [0, 0.05) is 46.3 Å². The molecule has 0 radical (unpaired) electrons. The molecule has 12 heteroatoms. The van der Waals surface area contributed by atoms with E-state index >= 15 is 0 Å². The number of benzene rings is 1. The van der Waals surface area contributed by atoms with Crippen LogP contribution in [0.5, 0.6) is 0 Å². The number of amides is 1. The number of alkyl halides is 3. The Morgan fingerprint density at radius 3 is 2.52 bits per heavy atom. The van der Waals surface area contributed by atoms with Crippen LogP contribution in [-0.4, -0.2) is 61.5 Å². The van der Waals surface area contributed by atoms with Crippen molar-refractivity contribution in [3.05, 3.63) is 24.0 Å². The Balaban J connectivity index is 2.34. The standard InChI is InChI=1S/C19H27F3N4O4S/c1-4-25(5-2)31(28,29)14-7-8-16-15(13-14)24-18(19(20,21)22)26(16)11-9-17(27)23-10-6-12-30-3/h7-8,13H,4-6,9-12H2,1-3H3,(H,23,27). The Hall–Kier alpha value is -2.18. The monoisotopic (exact) mass is 464 g/mol. The van der Waals surface area contributed by atoms with Gasteiger partial charge in [0.15, 0.2) is 0 Å². The first-order valence-electron chi connectivity index (χ1n) is 9.89. The van der Waals surface area contributed by atoms with E-state index in [1.54, 1.807) is 13.8 Å². The van der Waals surface area contributed by atoms with Gasteiger partial charge in [0.2, 0.25) is 21.8 Å². The fraction of sp³-hybridized carbons (Fsp3) is 0.579. The second kappa shape index (κ2) is 10.4. The highest BCUT2D eigenvalue weighted by molar-refractivity contribution is 7.89. The van der Waals surface area contributed by atoms with Crippen LogP contribution in [0.2, 0.25) is 0 Å². The van der Waals surface area contributed by atoms with E-state index in [4.69, 9.17) is 4.74 Å². The first-order valence-corrected chi connectivity index (χ1v) is 11.3. The minimum absolute atomic E-state index is 0.0962. The average molecular weight is 465 g/mol. The number of hydrogen-bond acceptors (Lipinski definition) is 5. The molecule has 0 spiro atoms. The highest BCUT2D eigenvalue weighted by Gasteiger charge is 2.38. The number of ether oxygens (including phenoxy) is 1. The average Bonchev–Trinajstić information content (AvgIpc) is 3.08. The molecule has 0 aliphatic carbocycles. The van der Waals surface area contributed by atoms with E-state index in [0.29, 0.717) is 19.6 Å². The van der Waals surface area contributed by atoms with Crippen LogP contribution < -0.4 is 5.32 Å². The van der Waals surface area contributed by atoms with Gasteiger partial charge >= 0.3 is 6.18 Å². The van der Waals surface area contributed by atoms with E-state index in [-0.39, 0.29) is 42.0 Å². The number of hydrogen-bond donors (Lipinski definition) is 1. The van der Waals surface area contributed by atoms with Crippen molar-refractivity contribution in [2.45, 2.75) is 44.3 Å². The van der Waals surface area contributed by atoms with Crippen molar-refractivity contribution in [2.75, 3.05) is 33.4 Å². The van der Waals surface area contributed by atoms with Crippen LogP contribution in [-0.2, 0) is 32.3 Å². The van der Waals surface area contributed by atoms with Crippen LogP contribution in [0.1, 0.15) is 32.5 Å². The molecule has 0 saturated heterocycles. The van der Waals surface area contributed by atoms with E-state index in [1.165, 1.54) is 23.5 Å². The van der Waals surface area contributed by atoms with Gasteiger partial charge in [0.25, 0.3) is 0 Å². The number of methoxy groups -OCH3 is 1. The zero-order valence-electron chi connectivity index (χ0n) is 17.7. The van der Waals surface area contributed by atoms with Crippen LogP contribution in [0, 0.1) is 0 Å². The molecule has 0 unspecified atom stereocenters. The fourth-order valence-corrected chi connectivity index (χ4v) is 4.65. The Kier molecular flexibility index (Phi) is 8.43. The molecule has 1 N–H and O–H groups in total. The van der Waals surface area contributed by atoms with Gasteiger partial charge in [-0.05, 0) is 24.6 Å². The van der Waals surface area contributed by atoms with E-state index in [2.05, 4.69) is 10.3 Å². The number of aryl methyl sites for hydroxylation is 1. The molecule has 1 aromatic heterocycles. The summed E-state index contributed by atoms with van der Waals surface area (Å²) in [5, 5.41) is 2.62. The number of rotatable bonds is 11. The summed E-state index contributed by atoms with van der Waals surface area (Å²) in [5.74, 6) is -1.57. The number of sulfonamides is 1.